The number of aliphatic imine (C=N–C) groups is 1. The van der Waals surface area contributed by atoms with Gasteiger partial charge >= 0.3 is 0 Å². The van der Waals surface area contributed by atoms with Gasteiger partial charge in [0.05, 0.1) is 31.6 Å². The number of aromatic nitrogens is 1. The second-order valence-corrected chi connectivity index (χ2v) is 8.58. The number of methoxy groups -OCH3 is 1. The monoisotopic (exact) mass is 513 g/mol. The summed E-state index contributed by atoms with van der Waals surface area (Å²) in [5.74, 6) is 0.539. The molecule has 1 saturated heterocycles. The number of aliphatic hydroxyl groups excluding tert-OH is 4. The van der Waals surface area contributed by atoms with Crippen LogP contribution in [0, 0.1) is 0 Å². The van der Waals surface area contributed by atoms with Crippen LogP contribution in [0.2, 0.25) is 0 Å². The summed E-state index contributed by atoms with van der Waals surface area (Å²) in [6, 6.07) is 12.7. The van der Waals surface area contributed by atoms with Gasteiger partial charge in [-0.2, -0.15) is 0 Å². The zero-order valence-corrected chi connectivity index (χ0v) is 19.8. The first-order chi connectivity index (χ1) is 17.9. The van der Waals surface area contributed by atoms with E-state index in [4.69, 9.17) is 19.0 Å². The maximum Gasteiger partial charge on any atom is 0.199 e. The highest BCUT2D eigenvalue weighted by atomic mass is 16.7. The van der Waals surface area contributed by atoms with E-state index in [2.05, 4.69) is 15.1 Å². The van der Waals surface area contributed by atoms with Gasteiger partial charge in [-0.15, -0.1) is 0 Å². The van der Waals surface area contributed by atoms with E-state index in [1.54, 1.807) is 25.3 Å². The molecule has 1 fully saturated rings. The molecule has 3 aromatic rings. The molecule has 1 unspecified atom stereocenters. The van der Waals surface area contributed by atoms with Gasteiger partial charge in [0.1, 0.15) is 48.2 Å². The first-order valence-corrected chi connectivity index (χ1v) is 11.6. The van der Waals surface area contributed by atoms with Crippen molar-refractivity contribution in [1.82, 2.24) is 4.98 Å². The number of para-hydroxylation sites is 1. The van der Waals surface area contributed by atoms with Crippen LogP contribution in [0.1, 0.15) is 11.1 Å². The number of rotatable bonds is 8. The van der Waals surface area contributed by atoms with Crippen molar-refractivity contribution in [2.45, 2.75) is 30.7 Å². The molecule has 196 valence electrons. The largest absolute Gasteiger partial charge is 0.497 e. The van der Waals surface area contributed by atoms with E-state index >= 15 is 0 Å². The van der Waals surface area contributed by atoms with Crippen LogP contribution in [0.5, 0.6) is 11.6 Å². The van der Waals surface area contributed by atoms with Gasteiger partial charge in [-0.1, -0.05) is 23.4 Å². The van der Waals surface area contributed by atoms with Crippen molar-refractivity contribution >= 4 is 28.0 Å². The van der Waals surface area contributed by atoms with Gasteiger partial charge in [0.25, 0.3) is 0 Å². The summed E-state index contributed by atoms with van der Waals surface area (Å²) in [4.78, 5) is 13.1. The third-order valence-corrected chi connectivity index (χ3v) is 6.30. The van der Waals surface area contributed by atoms with Gasteiger partial charge in [0.15, 0.2) is 12.2 Å². The molecule has 0 amide bonds. The second kappa shape index (κ2) is 10.5. The highest BCUT2D eigenvalue weighted by Crippen LogP contribution is 2.36. The molecule has 5 atom stereocenters. The lowest BCUT2D eigenvalue weighted by Gasteiger charge is -2.39. The van der Waals surface area contributed by atoms with Crippen molar-refractivity contribution in [3.8, 4) is 11.6 Å². The lowest BCUT2D eigenvalue weighted by atomic mass is 9.99. The topological polar surface area (TPSA) is 179 Å². The number of fused-ring (bicyclic) bond motifs is 2. The predicted octanol–water partition coefficient (Wildman–Crippen LogP) is 0.554. The Kier molecular flexibility index (Phi) is 7.11. The molecule has 12 heteroatoms. The molecule has 12 nitrogen and oxygen atoms in total. The molecule has 2 aromatic carbocycles. The van der Waals surface area contributed by atoms with Gasteiger partial charge in [-0.25, -0.2) is 4.99 Å². The zero-order chi connectivity index (χ0) is 26.1. The summed E-state index contributed by atoms with van der Waals surface area (Å²) >= 11 is 0. The molecule has 0 spiro atoms. The third-order valence-electron chi connectivity index (χ3n) is 6.30. The molecule has 0 aliphatic carbocycles. The van der Waals surface area contributed by atoms with Crippen molar-refractivity contribution in [3.63, 3.8) is 0 Å². The Morgan fingerprint density at radius 1 is 1.05 bits per heavy atom. The average molecular weight is 514 g/mol. The Hall–Kier alpha value is -3.52. The van der Waals surface area contributed by atoms with Crippen molar-refractivity contribution in [2.75, 3.05) is 26.9 Å². The van der Waals surface area contributed by atoms with Crippen LogP contribution in [0.3, 0.4) is 0 Å². The summed E-state index contributed by atoms with van der Waals surface area (Å²) in [6.07, 6.45) is -6.85. The zero-order valence-electron chi connectivity index (χ0n) is 19.8. The predicted molar refractivity (Wildman–Crippen MR) is 131 cm³/mol. The Balaban J connectivity index is 1.34. The number of hydrogen-bond acceptors (Lipinski definition) is 11. The quantitative estimate of drug-likeness (QED) is 0.185. The minimum atomic E-state index is -1.53. The Morgan fingerprint density at radius 3 is 2.65 bits per heavy atom. The van der Waals surface area contributed by atoms with Crippen molar-refractivity contribution in [1.29, 1.82) is 0 Å². The van der Waals surface area contributed by atoms with Crippen LogP contribution in [-0.4, -0.2) is 99.6 Å². The van der Waals surface area contributed by atoms with Crippen molar-refractivity contribution in [2.24, 2.45) is 10.1 Å². The molecule has 0 radical (unpaired) electrons. The summed E-state index contributed by atoms with van der Waals surface area (Å²) in [5, 5.41) is 54.8. The fraction of sp³-hybridized carbons (Fsp3) is 0.360. The van der Waals surface area contributed by atoms with Crippen molar-refractivity contribution < 1.29 is 44.6 Å². The van der Waals surface area contributed by atoms with Gasteiger partial charge < -0.3 is 49.6 Å². The number of hydrogen-bond donors (Lipinski definition) is 6. The first-order valence-electron chi connectivity index (χ1n) is 11.6. The molecule has 2 aliphatic rings. The third kappa shape index (κ3) is 4.66. The molecule has 2 aliphatic heterocycles. The van der Waals surface area contributed by atoms with E-state index in [-0.39, 0.29) is 19.1 Å². The average Bonchev–Trinajstić information content (AvgIpc) is 3.43. The fourth-order valence-electron chi connectivity index (χ4n) is 4.38. The molecule has 0 bridgehead atoms. The number of ether oxygens (including phenoxy) is 3. The first kappa shape index (κ1) is 25.1. The van der Waals surface area contributed by atoms with E-state index in [9.17, 15) is 25.5 Å². The van der Waals surface area contributed by atoms with E-state index in [0.29, 0.717) is 44.9 Å². The van der Waals surface area contributed by atoms with E-state index in [1.807, 2.05) is 24.3 Å². The molecule has 3 heterocycles. The molecule has 37 heavy (non-hydrogen) atoms. The number of nitrogens with one attached hydrogen (secondary N) is 1. The number of oxime groups is 1. The van der Waals surface area contributed by atoms with E-state index in [0.717, 1.165) is 0 Å². The molecule has 0 saturated carbocycles. The number of H-pyrrole nitrogens is 1. The summed E-state index contributed by atoms with van der Waals surface area (Å²) in [7, 11) is 1.56. The number of aromatic hydroxyl groups is 1. The molecular formula is C25H27N3O9. The number of benzene rings is 2. The van der Waals surface area contributed by atoms with E-state index in [1.165, 1.54) is 0 Å². The van der Waals surface area contributed by atoms with Gasteiger partial charge in [-0.3, -0.25) is 0 Å². The maximum absolute atomic E-state index is 10.7. The minimum absolute atomic E-state index is 0.0539. The van der Waals surface area contributed by atoms with Crippen molar-refractivity contribution in [3.05, 3.63) is 53.6 Å². The summed E-state index contributed by atoms with van der Waals surface area (Å²) < 4.78 is 16.1. The number of nitrogens with zero attached hydrogens (tertiary/aromatic N) is 2. The smallest absolute Gasteiger partial charge is 0.199 e. The molecule has 5 rings (SSSR count). The molecule has 1 aromatic heterocycles. The highest BCUT2D eigenvalue weighted by molar-refractivity contribution is 6.58. The molecular weight excluding hydrogens is 486 g/mol. The van der Waals surface area contributed by atoms with Crippen LogP contribution < -0.4 is 4.74 Å². The number of aromatic amines is 1. The van der Waals surface area contributed by atoms with Gasteiger partial charge in [0, 0.05) is 16.5 Å². The van der Waals surface area contributed by atoms with Crippen LogP contribution in [-0.2, 0) is 14.3 Å². The standard InChI is InChI=1S/C25H27N3O9/c1-34-12-6-7-16-14(10-12)18(24(33)27-16)20-19(13-4-2-3-5-15(13)26-20)28-36-9-8-35-25-23(32)22(31)21(30)17(11-29)37-25/h2-7,10,17,21-23,25,27,29-33H,8-9,11H2,1H3/b28-19-/t17-,21-,22+,23-,25?/m1/s1. The van der Waals surface area contributed by atoms with E-state index < -0.39 is 37.3 Å². The van der Waals surface area contributed by atoms with Crippen LogP contribution >= 0.6 is 0 Å². The van der Waals surface area contributed by atoms with Gasteiger partial charge in [-0.05, 0) is 24.3 Å². The lowest BCUT2D eigenvalue weighted by Crippen LogP contribution is -2.59. The minimum Gasteiger partial charge on any atom is -0.497 e. The maximum atomic E-state index is 10.7. The Labute approximate surface area is 211 Å². The number of aliphatic hydroxyl groups is 4. The lowest BCUT2D eigenvalue weighted by molar-refractivity contribution is -0.302. The van der Waals surface area contributed by atoms with Gasteiger partial charge in [0.2, 0.25) is 0 Å². The summed E-state index contributed by atoms with van der Waals surface area (Å²) in [6.45, 7) is -0.687. The SMILES string of the molecule is COc1ccc2[nH]c(O)c(C3=Nc4ccccc4/C3=N/OCCOC3O[C@H](CO)[C@@H](O)[C@H](O)[C@H]3O)c2c1. The highest BCUT2D eigenvalue weighted by Gasteiger charge is 2.44. The normalized spacial score (nSPS) is 26.4. The fourth-order valence-corrected chi connectivity index (χ4v) is 4.38. The van der Waals surface area contributed by atoms with Crippen LogP contribution in [0.15, 0.2) is 52.6 Å². The van der Waals surface area contributed by atoms with Crippen LogP contribution in [0.25, 0.3) is 10.9 Å². The Morgan fingerprint density at radius 2 is 1.86 bits per heavy atom. The Bertz CT molecular complexity index is 1340. The molecule has 6 N–H and O–H groups in total. The second-order valence-electron chi connectivity index (χ2n) is 8.58. The van der Waals surface area contributed by atoms with Crippen LogP contribution in [0.4, 0.5) is 5.69 Å². The summed E-state index contributed by atoms with van der Waals surface area (Å²) in [5.41, 5.74) is 3.33.